The molecule has 632 valence electrons. The first-order chi connectivity index (χ1) is 50.8. The van der Waals surface area contributed by atoms with Gasteiger partial charge in [-0.2, -0.15) is 83.9 Å². The Labute approximate surface area is 797 Å². The molecule has 4 N–H and O–H groups in total. The number of ether oxygens (including phenoxy) is 6. The summed E-state index contributed by atoms with van der Waals surface area (Å²) >= 11 is 13.6. The van der Waals surface area contributed by atoms with E-state index >= 15 is 0 Å². The first-order valence-electron chi connectivity index (χ1n) is 30.7. The molecule has 0 aromatic heterocycles. The third-order valence-corrected chi connectivity index (χ3v) is 17.8. The largest absolute Gasteiger partial charge is 1.00 e. The second kappa shape index (κ2) is 63.8. The summed E-state index contributed by atoms with van der Waals surface area (Å²) < 4.78 is 220. The molecule has 9 rings (SSSR count). The van der Waals surface area contributed by atoms with Crippen LogP contribution >= 0.6 is 63.7 Å². The molecule has 1 unspecified atom stereocenters. The molecule has 30 nitrogen and oxygen atoms in total. The Morgan fingerprint density at radius 2 is 0.894 bits per heavy atom. The van der Waals surface area contributed by atoms with Crippen LogP contribution in [0.3, 0.4) is 0 Å². The minimum absolute atomic E-state index is 0. The number of fused-ring (bicyclic) bond motifs is 3. The van der Waals surface area contributed by atoms with Crippen molar-refractivity contribution < 1.29 is 309 Å². The van der Waals surface area contributed by atoms with Crippen LogP contribution in [0, 0.1) is 51.2 Å². The average molecular weight is 2150 g/mol. The van der Waals surface area contributed by atoms with Crippen LogP contribution in [-0.4, -0.2) is 217 Å². The molecule has 5 aliphatic rings. The maximum atomic E-state index is 12.6. The first-order valence-corrected chi connectivity index (χ1v) is 38.2. The molecular formula is C63H78Br4F10GdK2N4O26S3. The molecule has 5 heterocycles. The van der Waals surface area contributed by atoms with E-state index in [-0.39, 0.29) is 195 Å². The van der Waals surface area contributed by atoms with Crippen LogP contribution in [0.25, 0.3) is 6.08 Å². The molecule has 0 aliphatic carbocycles. The molecule has 4 aromatic carbocycles. The van der Waals surface area contributed by atoms with Crippen molar-refractivity contribution in [3.63, 3.8) is 0 Å². The van der Waals surface area contributed by atoms with Gasteiger partial charge in [0.2, 0.25) is 0 Å². The van der Waals surface area contributed by atoms with Crippen molar-refractivity contribution in [2.75, 3.05) is 127 Å². The molecule has 4 saturated heterocycles. The van der Waals surface area contributed by atoms with Gasteiger partial charge in [-0.25, -0.2) is 14.0 Å². The minimum Gasteiger partial charge on any atom is -1.00 e. The number of nitrogens with one attached hydrogen (secondary N) is 1. The number of carbonyl (C=O) groups is 5. The molecule has 113 heavy (non-hydrogen) atoms. The summed E-state index contributed by atoms with van der Waals surface area (Å²) in [5.41, 5.74) is -9.93. The fourth-order valence-electron chi connectivity index (χ4n) is 9.12. The van der Waals surface area contributed by atoms with Gasteiger partial charge in [0.25, 0.3) is 6.47 Å². The van der Waals surface area contributed by atoms with Crippen LogP contribution in [0.2, 0.25) is 0 Å². The van der Waals surface area contributed by atoms with E-state index in [4.69, 9.17) is 96.6 Å². The summed E-state index contributed by atoms with van der Waals surface area (Å²) in [6.45, 7) is 20.7. The number of anilines is 3. The van der Waals surface area contributed by atoms with Crippen LogP contribution in [-0.2, 0) is 104 Å². The van der Waals surface area contributed by atoms with Gasteiger partial charge < -0.3 is 60.0 Å². The van der Waals surface area contributed by atoms with Gasteiger partial charge in [0.05, 0.1) is 77.7 Å². The smallest absolute Gasteiger partial charge is 1.00 e. The van der Waals surface area contributed by atoms with Gasteiger partial charge in [-0.05, 0) is 116 Å². The van der Waals surface area contributed by atoms with E-state index in [1.54, 1.807) is 19.9 Å². The Bertz CT molecular complexity index is 3800. The summed E-state index contributed by atoms with van der Waals surface area (Å²) in [4.78, 5) is 96.0. The average Bonchev–Trinajstić information content (AvgIpc) is 0.745. The molecule has 4 aromatic rings. The predicted octanol–water partition coefficient (Wildman–Crippen LogP) is 4.12. The number of hydrogen-bond donors (Lipinski definition) is 4. The van der Waals surface area contributed by atoms with E-state index in [0.717, 1.165) is 123 Å². The van der Waals surface area contributed by atoms with Gasteiger partial charge in [-0.3, -0.25) is 28.0 Å². The Morgan fingerprint density at radius 1 is 0.575 bits per heavy atom. The van der Waals surface area contributed by atoms with Gasteiger partial charge in [0.1, 0.15) is 11.4 Å². The van der Waals surface area contributed by atoms with Crippen molar-refractivity contribution in [2.24, 2.45) is 5.41 Å². The zero-order valence-corrected chi connectivity index (χ0v) is 77.2. The van der Waals surface area contributed by atoms with Gasteiger partial charge in [-0.1, -0.05) is 97.1 Å². The molecule has 0 saturated carbocycles. The van der Waals surface area contributed by atoms with Crippen molar-refractivity contribution in [3.8, 4) is 0 Å². The third kappa shape index (κ3) is 48.8. The van der Waals surface area contributed by atoms with Gasteiger partial charge in [0.15, 0.2) is 12.6 Å². The SMILES string of the molecule is C.C1COCCN1.CCC1(CC)Cc2ccc(Br)cc2N2CCOCC21.CCOC(=O)C(=Cc1ccc(Br)cc1N1CCOCC1)C(=O)OCC.O=C=O.O=C=O.O=CO[O-].O=Cc1ccc(Br)cc1F.O=Cc1ccc(Br)cc1N1CCOCC1.O=S(=O)(O)C(F)(F)F.O=S(=O)(O)C(F)(F)F.O=S(=O)(O)C(F)(F)F.[Gd].[H-].[K+].[K+]. The van der Waals surface area contributed by atoms with Crippen LogP contribution in [0.4, 0.5) is 61.0 Å². The van der Waals surface area contributed by atoms with E-state index in [1.165, 1.54) is 53.2 Å². The Kier molecular flexibility index (Phi) is 68.7. The summed E-state index contributed by atoms with van der Waals surface area (Å²) in [5.74, 6) is -1.86. The number of carbonyl (C=O) groups excluding carboxylic acids is 9. The van der Waals surface area contributed by atoms with Crippen molar-refractivity contribution in [2.45, 2.75) is 77.0 Å². The normalized spacial score (nSPS) is 14.8. The fraction of sp³-hybridized carbons (Fsp3) is 0.476. The minimum atomic E-state index is -5.84. The van der Waals surface area contributed by atoms with Crippen molar-refractivity contribution in [1.29, 1.82) is 0 Å². The Hall–Kier alpha value is -2.16. The number of alkyl halides is 9. The maximum absolute atomic E-state index is 12.6. The Balaban J connectivity index is -0.000000233. The molecule has 4 fully saturated rings. The van der Waals surface area contributed by atoms with E-state index in [2.05, 4.69) is 121 Å². The summed E-state index contributed by atoms with van der Waals surface area (Å²) in [6, 6.07) is 23.0. The Morgan fingerprint density at radius 3 is 1.20 bits per heavy atom. The number of halogens is 14. The summed E-state index contributed by atoms with van der Waals surface area (Å²) in [6.07, 6.45) is 7.06. The maximum Gasteiger partial charge on any atom is 1.00 e. The number of rotatable bonds is 12. The van der Waals surface area contributed by atoms with Gasteiger partial charge in [-0.15, -0.1) is 0 Å². The zero-order valence-electron chi connectivity index (χ0n) is 60.9. The van der Waals surface area contributed by atoms with Crippen molar-refractivity contribution >= 4 is 160 Å². The number of esters is 2. The summed E-state index contributed by atoms with van der Waals surface area (Å²) in [7, 11) is -17.5. The molecule has 50 heteroatoms. The van der Waals surface area contributed by atoms with Crippen molar-refractivity contribution in [3.05, 3.63) is 124 Å². The molecular weight excluding hydrogens is 2070 g/mol. The van der Waals surface area contributed by atoms with E-state index in [1.807, 2.05) is 36.4 Å². The first kappa shape index (κ1) is 122. The topological polar surface area (TPSA) is 426 Å². The molecule has 1 atom stereocenters. The number of benzene rings is 4. The van der Waals surface area contributed by atoms with Crippen molar-refractivity contribution in [1.82, 2.24) is 5.32 Å². The molecule has 0 bridgehead atoms. The zero-order chi connectivity index (χ0) is 84.0. The van der Waals surface area contributed by atoms with E-state index < -0.39 is 64.6 Å². The molecule has 0 amide bonds. The number of nitrogens with zero attached hydrogens (tertiary/aromatic N) is 3. The number of hydrogen-bond acceptors (Lipinski definition) is 27. The predicted molar refractivity (Wildman–Crippen MR) is 385 cm³/mol. The van der Waals surface area contributed by atoms with Crippen LogP contribution < -0.4 is 128 Å². The second-order valence-corrected chi connectivity index (χ2v) is 28.7. The molecule has 5 aliphatic heterocycles. The third-order valence-electron chi connectivity index (χ3n) is 14.1. The quantitative estimate of drug-likeness (QED) is 0.0132. The molecule has 0 radical (unpaired) electrons. The number of morpholine rings is 4. The fourth-order valence-corrected chi connectivity index (χ4v) is 10.5. The van der Waals surface area contributed by atoms with Gasteiger partial charge in [0, 0.05) is 126 Å². The van der Waals surface area contributed by atoms with Crippen LogP contribution in [0.15, 0.2) is 96.3 Å². The summed E-state index contributed by atoms with van der Waals surface area (Å²) in [5, 5.41) is 11.6. The standard InChI is InChI=1S/C18H22BrNO5.C16H22BrNO.C11H12BrNO2.C7H4BrFO.C4H9NO.3CHF3O3S.CH2O3.2CO2.CH4.Gd.2K.H/c1-3-24-17(21)15(18(22)25-4-2)11-13-5-6-14(19)12-16(13)20-7-9-23-10-8-20;1-3-16(4-2)10-12-5-6-13(17)9-14(12)18-7-8-19-11-15(16)18;12-10-2-1-9(8-14)11(7-10)13-3-5-15-6-4-13;8-6-2-1-5(4-10)7(9)3-6;1-3-6-4-2-5-1;3*2-1(3,4)8(5,6)7;2-1-4-3;2*2-1-3;;;;;/h5-6,11-12H,3-4,7-10H2,1-2H3;5-6,9,15H,3-4,7-8,10-11H2,1-2H3;1-2,7-8H,3-6H2;1-4H;5H,1-4H2;3*(H,5,6,7);1,3H;;;1H4;;;;/q;;;;;;;;;;;;;2*+1;-1/p-1. The van der Waals surface area contributed by atoms with Crippen LogP contribution in [0.5, 0.6) is 0 Å². The number of aldehydes is 2. The van der Waals surface area contributed by atoms with E-state index in [9.17, 15) is 63.1 Å². The monoisotopic (exact) mass is 2140 g/mol. The second-order valence-electron chi connectivity index (χ2n) is 20.8. The molecule has 0 spiro atoms. The van der Waals surface area contributed by atoms with Crippen LogP contribution in [0.1, 0.15) is 81.2 Å². The van der Waals surface area contributed by atoms with Gasteiger partial charge >= 0.3 is 174 Å². The van der Waals surface area contributed by atoms with E-state index in [0.29, 0.717) is 35.4 Å².